The lowest BCUT2D eigenvalue weighted by Gasteiger charge is -2.11. The third-order valence-corrected chi connectivity index (χ3v) is 3.83. The third-order valence-electron chi connectivity index (χ3n) is 3.42. The van der Waals surface area contributed by atoms with Gasteiger partial charge in [-0.15, -0.1) is 0 Å². The van der Waals surface area contributed by atoms with Gasteiger partial charge >= 0.3 is 6.18 Å². The molecule has 9 heteroatoms. The Balaban J connectivity index is 1.86. The van der Waals surface area contributed by atoms with Gasteiger partial charge in [-0.25, -0.2) is 8.60 Å². The van der Waals surface area contributed by atoms with E-state index in [1.54, 1.807) is 24.3 Å². The van der Waals surface area contributed by atoms with Crippen LogP contribution in [-0.2, 0) is 23.9 Å². The SMILES string of the molecule is O=S(O)Nc1ccc(NCCCc2cc(C(F)(F)F)ccc2F)cc1. The molecule has 0 saturated heterocycles. The summed E-state index contributed by atoms with van der Waals surface area (Å²) >= 11 is -2.15. The molecule has 0 bridgehead atoms. The molecule has 0 amide bonds. The number of aryl methyl sites for hydroxylation is 1. The van der Waals surface area contributed by atoms with Crippen LogP contribution in [0.3, 0.4) is 0 Å². The van der Waals surface area contributed by atoms with Crippen molar-refractivity contribution in [1.82, 2.24) is 0 Å². The number of alkyl halides is 3. The highest BCUT2D eigenvalue weighted by Gasteiger charge is 2.30. The van der Waals surface area contributed by atoms with E-state index < -0.39 is 28.8 Å². The average Bonchev–Trinajstić information content (AvgIpc) is 2.53. The van der Waals surface area contributed by atoms with Gasteiger partial charge in [0.15, 0.2) is 0 Å². The number of halogens is 4. The Morgan fingerprint density at radius 1 is 1.04 bits per heavy atom. The smallest absolute Gasteiger partial charge is 0.385 e. The van der Waals surface area contributed by atoms with Crippen molar-refractivity contribution in [2.75, 3.05) is 16.6 Å². The van der Waals surface area contributed by atoms with Crippen LogP contribution in [0.4, 0.5) is 28.9 Å². The fourth-order valence-electron chi connectivity index (χ4n) is 2.21. The molecule has 2 aromatic rings. The largest absolute Gasteiger partial charge is 0.416 e. The summed E-state index contributed by atoms with van der Waals surface area (Å²) < 4.78 is 73.2. The van der Waals surface area contributed by atoms with Crippen molar-refractivity contribution < 1.29 is 26.3 Å². The lowest BCUT2D eigenvalue weighted by atomic mass is 10.1. The van der Waals surface area contributed by atoms with Crippen molar-refractivity contribution in [2.24, 2.45) is 0 Å². The predicted octanol–water partition coefficient (Wildman–Crippen LogP) is 4.44. The van der Waals surface area contributed by atoms with Gasteiger partial charge in [0.05, 0.1) is 5.56 Å². The summed E-state index contributed by atoms with van der Waals surface area (Å²) in [5, 5.41) is 3.05. The van der Waals surface area contributed by atoms with Crippen LogP contribution >= 0.6 is 0 Å². The number of benzene rings is 2. The fourth-order valence-corrected chi connectivity index (χ4v) is 2.55. The molecule has 0 heterocycles. The van der Waals surface area contributed by atoms with Gasteiger partial charge in [0.2, 0.25) is 0 Å². The Bertz CT molecular complexity index is 736. The monoisotopic (exact) mass is 376 g/mol. The highest BCUT2D eigenvalue weighted by molar-refractivity contribution is 7.80. The van der Waals surface area contributed by atoms with Crippen LogP contribution in [0.1, 0.15) is 17.5 Å². The molecule has 136 valence electrons. The van der Waals surface area contributed by atoms with E-state index in [9.17, 15) is 21.8 Å². The lowest BCUT2D eigenvalue weighted by molar-refractivity contribution is -0.137. The molecular weight excluding hydrogens is 360 g/mol. The van der Waals surface area contributed by atoms with Gasteiger partial charge in [-0.2, -0.15) is 13.2 Å². The van der Waals surface area contributed by atoms with Crippen molar-refractivity contribution in [3.05, 3.63) is 59.4 Å². The van der Waals surface area contributed by atoms with Gasteiger partial charge in [0.25, 0.3) is 11.3 Å². The van der Waals surface area contributed by atoms with Crippen LogP contribution in [0.15, 0.2) is 42.5 Å². The summed E-state index contributed by atoms with van der Waals surface area (Å²) in [6.07, 6.45) is -3.88. The van der Waals surface area contributed by atoms with Gasteiger partial charge in [0.1, 0.15) is 5.82 Å². The Morgan fingerprint density at radius 2 is 1.68 bits per heavy atom. The molecule has 0 aliphatic heterocycles. The molecule has 1 unspecified atom stereocenters. The summed E-state index contributed by atoms with van der Waals surface area (Å²) in [4.78, 5) is 0. The summed E-state index contributed by atoms with van der Waals surface area (Å²) in [5.41, 5.74) is 0.374. The number of hydrogen-bond donors (Lipinski definition) is 3. The van der Waals surface area contributed by atoms with Crippen LogP contribution in [0.25, 0.3) is 0 Å². The fraction of sp³-hybridized carbons (Fsp3) is 0.250. The summed E-state index contributed by atoms with van der Waals surface area (Å²) in [5.74, 6) is -0.652. The van der Waals surface area contributed by atoms with Crippen LogP contribution < -0.4 is 10.0 Å². The van der Waals surface area contributed by atoms with Crippen LogP contribution in [0.2, 0.25) is 0 Å². The van der Waals surface area contributed by atoms with Crippen LogP contribution in [0.5, 0.6) is 0 Å². The third kappa shape index (κ3) is 6.02. The lowest BCUT2D eigenvalue weighted by Crippen LogP contribution is -2.08. The number of hydrogen-bond acceptors (Lipinski definition) is 2. The Morgan fingerprint density at radius 3 is 2.28 bits per heavy atom. The molecule has 25 heavy (non-hydrogen) atoms. The molecule has 2 aromatic carbocycles. The molecule has 2 rings (SSSR count). The zero-order chi connectivity index (χ0) is 18.4. The van der Waals surface area contributed by atoms with Crippen LogP contribution in [0, 0.1) is 5.82 Å². The van der Waals surface area contributed by atoms with Gasteiger partial charge in [0, 0.05) is 17.9 Å². The van der Waals surface area contributed by atoms with Crippen molar-refractivity contribution in [3.8, 4) is 0 Å². The quantitative estimate of drug-likeness (QED) is 0.380. The van der Waals surface area contributed by atoms with Crippen molar-refractivity contribution in [2.45, 2.75) is 19.0 Å². The zero-order valence-corrected chi connectivity index (χ0v) is 13.8. The normalized spacial score (nSPS) is 12.7. The summed E-state index contributed by atoms with van der Waals surface area (Å²) in [6.45, 7) is 0.439. The number of nitrogens with one attached hydrogen (secondary N) is 2. The van der Waals surface area contributed by atoms with Gasteiger partial charge in [-0.3, -0.25) is 9.27 Å². The Hall–Kier alpha value is -2.13. The standard InChI is InChI=1S/C16H16F4N2O2S/c17-15-8-3-12(16(18,19)20)10-11(15)2-1-9-21-13-4-6-14(7-5-13)22-25(23)24/h3-8,10,21-22H,1-2,9H2,(H,23,24). The first-order valence-electron chi connectivity index (χ1n) is 7.33. The van der Waals surface area contributed by atoms with Crippen LogP contribution in [-0.4, -0.2) is 15.3 Å². The van der Waals surface area contributed by atoms with E-state index in [0.29, 0.717) is 18.7 Å². The molecule has 1 atom stereocenters. The predicted molar refractivity (Wildman–Crippen MR) is 89.0 cm³/mol. The molecule has 0 aliphatic rings. The van der Waals surface area contributed by atoms with E-state index in [1.807, 2.05) is 0 Å². The minimum atomic E-state index is -4.49. The molecular formula is C16H16F4N2O2S. The molecule has 0 saturated carbocycles. The second kappa shape index (κ2) is 8.30. The minimum Gasteiger partial charge on any atom is -0.385 e. The van der Waals surface area contributed by atoms with E-state index >= 15 is 0 Å². The van der Waals surface area contributed by atoms with E-state index in [-0.39, 0.29) is 12.0 Å². The number of rotatable bonds is 7. The topological polar surface area (TPSA) is 61.4 Å². The Labute approximate surface area is 144 Å². The zero-order valence-electron chi connectivity index (χ0n) is 12.9. The van der Waals surface area contributed by atoms with Crippen molar-refractivity contribution >= 4 is 22.6 Å². The molecule has 3 N–H and O–H groups in total. The van der Waals surface area contributed by atoms with Gasteiger partial charge in [-0.05, 0) is 60.9 Å². The highest BCUT2D eigenvalue weighted by atomic mass is 32.2. The van der Waals surface area contributed by atoms with Crippen molar-refractivity contribution in [3.63, 3.8) is 0 Å². The van der Waals surface area contributed by atoms with E-state index in [0.717, 1.165) is 23.9 Å². The molecule has 0 fully saturated rings. The maximum atomic E-state index is 13.6. The maximum Gasteiger partial charge on any atom is 0.416 e. The second-order valence-electron chi connectivity index (χ2n) is 5.26. The van der Waals surface area contributed by atoms with Gasteiger partial charge < -0.3 is 5.32 Å². The molecule has 0 aliphatic carbocycles. The second-order valence-corrected chi connectivity index (χ2v) is 5.97. The molecule has 0 radical (unpaired) electrons. The molecule has 0 aromatic heterocycles. The van der Waals surface area contributed by atoms with E-state index in [1.165, 1.54) is 0 Å². The van der Waals surface area contributed by atoms with Gasteiger partial charge in [-0.1, -0.05) is 0 Å². The first-order chi connectivity index (χ1) is 11.8. The molecule has 0 spiro atoms. The van der Waals surface area contributed by atoms with Crippen molar-refractivity contribution in [1.29, 1.82) is 0 Å². The Kier molecular flexibility index (Phi) is 6.38. The minimum absolute atomic E-state index is 0.0293. The first kappa shape index (κ1) is 19.2. The molecule has 4 nitrogen and oxygen atoms in total. The van der Waals surface area contributed by atoms with E-state index in [2.05, 4.69) is 10.0 Å². The summed E-state index contributed by atoms with van der Waals surface area (Å²) in [7, 11) is 0. The number of anilines is 2. The summed E-state index contributed by atoms with van der Waals surface area (Å²) in [6, 6.07) is 8.96. The first-order valence-corrected chi connectivity index (χ1v) is 8.43. The average molecular weight is 376 g/mol. The van der Waals surface area contributed by atoms with E-state index in [4.69, 9.17) is 4.55 Å². The maximum absolute atomic E-state index is 13.6. The highest BCUT2D eigenvalue weighted by Crippen LogP contribution is 2.30.